The fourth-order valence-corrected chi connectivity index (χ4v) is 1.59. The predicted molar refractivity (Wildman–Crippen MR) is 95.1 cm³/mol. The van der Waals surface area contributed by atoms with E-state index in [-0.39, 0.29) is 0 Å². The normalized spacial score (nSPS) is 8.71. The summed E-state index contributed by atoms with van der Waals surface area (Å²) in [5, 5.41) is 23.6. The van der Waals surface area contributed by atoms with Crippen LogP contribution in [-0.2, 0) is 14.4 Å². The van der Waals surface area contributed by atoms with Gasteiger partial charge in [-0.1, -0.05) is 71.4 Å². The molecule has 0 aliphatic heterocycles. The number of hydrogen-bond acceptors (Lipinski definition) is 3. The second-order valence-electron chi connectivity index (χ2n) is 5.06. The van der Waals surface area contributed by atoms with Gasteiger partial charge in [-0.2, -0.15) is 0 Å². The third-order valence-corrected chi connectivity index (χ3v) is 2.84. The zero-order chi connectivity index (χ0) is 19.2. The van der Waals surface area contributed by atoms with Crippen LogP contribution < -0.4 is 0 Å². The molecule has 0 amide bonds. The van der Waals surface area contributed by atoms with Crippen molar-refractivity contribution in [1.29, 1.82) is 0 Å². The SMILES string of the molecule is C=CC(=O)O.C=CC(=O)O.CCCCCCCCCCCC(=O)O. The zero-order valence-corrected chi connectivity index (χ0v) is 14.7. The highest BCUT2D eigenvalue weighted by Crippen LogP contribution is 2.10. The first kappa shape index (κ1) is 26.8. The van der Waals surface area contributed by atoms with Crippen LogP contribution in [0.1, 0.15) is 71.1 Å². The van der Waals surface area contributed by atoms with Gasteiger partial charge in [0.05, 0.1) is 0 Å². The summed E-state index contributed by atoms with van der Waals surface area (Å²) in [5.74, 6) is -2.62. The summed E-state index contributed by atoms with van der Waals surface area (Å²) in [6.07, 6.45) is 13.1. The summed E-state index contributed by atoms with van der Waals surface area (Å²) in [4.78, 5) is 28.7. The molecule has 0 aliphatic rings. The molecule has 0 aromatic carbocycles. The number of aliphatic carboxylic acids is 3. The summed E-state index contributed by atoms with van der Waals surface area (Å²) >= 11 is 0. The van der Waals surface area contributed by atoms with E-state index in [0.717, 1.165) is 25.0 Å². The lowest BCUT2D eigenvalue weighted by Crippen LogP contribution is -1.93. The number of rotatable bonds is 12. The number of unbranched alkanes of at least 4 members (excludes halogenated alkanes) is 8. The van der Waals surface area contributed by atoms with E-state index >= 15 is 0 Å². The van der Waals surface area contributed by atoms with Gasteiger partial charge in [-0.3, -0.25) is 4.79 Å². The molecule has 0 unspecified atom stereocenters. The van der Waals surface area contributed by atoms with Gasteiger partial charge < -0.3 is 15.3 Å². The van der Waals surface area contributed by atoms with Crippen molar-refractivity contribution in [3.8, 4) is 0 Å². The van der Waals surface area contributed by atoms with E-state index < -0.39 is 17.9 Å². The van der Waals surface area contributed by atoms with Gasteiger partial charge in [-0.15, -0.1) is 0 Å². The molecule has 0 aliphatic carbocycles. The average molecular weight is 344 g/mol. The van der Waals surface area contributed by atoms with Crippen molar-refractivity contribution < 1.29 is 29.7 Å². The van der Waals surface area contributed by atoms with Crippen molar-refractivity contribution >= 4 is 17.9 Å². The van der Waals surface area contributed by atoms with Gasteiger partial charge >= 0.3 is 17.9 Å². The predicted octanol–water partition coefficient (Wildman–Crippen LogP) is 4.51. The number of carbonyl (C=O) groups is 3. The second-order valence-corrected chi connectivity index (χ2v) is 5.06. The summed E-state index contributed by atoms with van der Waals surface area (Å²) < 4.78 is 0. The Balaban J connectivity index is -0.000000361. The summed E-state index contributed by atoms with van der Waals surface area (Å²) in [5.41, 5.74) is 0. The molecule has 0 saturated carbocycles. The first-order chi connectivity index (χ1) is 11.3. The van der Waals surface area contributed by atoms with Crippen molar-refractivity contribution in [2.24, 2.45) is 0 Å². The quantitative estimate of drug-likeness (QED) is 0.355. The lowest BCUT2D eigenvalue weighted by molar-refractivity contribution is -0.137. The smallest absolute Gasteiger partial charge is 0.327 e. The van der Waals surface area contributed by atoms with Crippen LogP contribution in [0.3, 0.4) is 0 Å². The van der Waals surface area contributed by atoms with Gasteiger partial charge in [0.1, 0.15) is 0 Å². The Morgan fingerprint density at radius 3 is 1.25 bits per heavy atom. The second kappa shape index (κ2) is 23.2. The van der Waals surface area contributed by atoms with Crippen LogP contribution in [0.25, 0.3) is 0 Å². The molecule has 0 bridgehead atoms. The number of carboxylic acids is 3. The van der Waals surface area contributed by atoms with E-state index in [0.29, 0.717) is 6.42 Å². The summed E-state index contributed by atoms with van der Waals surface area (Å²) in [7, 11) is 0. The highest BCUT2D eigenvalue weighted by atomic mass is 16.4. The molecule has 0 aromatic rings. The van der Waals surface area contributed by atoms with E-state index in [1.54, 1.807) is 0 Å². The molecule has 0 rings (SSSR count). The van der Waals surface area contributed by atoms with Gasteiger partial charge in [0.2, 0.25) is 0 Å². The van der Waals surface area contributed by atoms with Gasteiger partial charge in [0.25, 0.3) is 0 Å². The molecule has 0 radical (unpaired) electrons. The van der Waals surface area contributed by atoms with E-state index in [2.05, 4.69) is 20.1 Å². The fraction of sp³-hybridized carbons (Fsp3) is 0.611. The molecule has 6 nitrogen and oxygen atoms in total. The van der Waals surface area contributed by atoms with E-state index in [1.165, 1.54) is 44.9 Å². The van der Waals surface area contributed by atoms with Crippen LogP contribution in [-0.4, -0.2) is 33.2 Å². The Bertz CT molecular complexity index is 331. The third kappa shape index (κ3) is 42.7. The molecule has 24 heavy (non-hydrogen) atoms. The highest BCUT2D eigenvalue weighted by molar-refractivity contribution is 5.79. The van der Waals surface area contributed by atoms with Gasteiger partial charge in [-0.05, 0) is 6.42 Å². The number of hydrogen-bond donors (Lipinski definition) is 3. The maximum absolute atomic E-state index is 10.2. The lowest BCUT2D eigenvalue weighted by Gasteiger charge is -2.00. The largest absolute Gasteiger partial charge is 0.481 e. The lowest BCUT2D eigenvalue weighted by atomic mass is 10.1. The van der Waals surface area contributed by atoms with Crippen molar-refractivity contribution in [1.82, 2.24) is 0 Å². The van der Waals surface area contributed by atoms with Gasteiger partial charge in [0.15, 0.2) is 0 Å². The Kier molecular flexibility index (Phi) is 25.8. The van der Waals surface area contributed by atoms with Crippen molar-refractivity contribution in [3.05, 3.63) is 25.3 Å². The Hall–Kier alpha value is -2.11. The van der Waals surface area contributed by atoms with Crippen LogP contribution in [0.5, 0.6) is 0 Å². The first-order valence-corrected chi connectivity index (χ1v) is 8.24. The van der Waals surface area contributed by atoms with Crippen LogP contribution >= 0.6 is 0 Å². The minimum absolute atomic E-state index is 0.343. The Morgan fingerprint density at radius 2 is 1.00 bits per heavy atom. The van der Waals surface area contributed by atoms with E-state index in [1.807, 2.05) is 0 Å². The maximum atomic E-state index is 10.2. The topological polar surface area (TPSA) is 112 Å². The van der Waals surface area contributed by atoms with Gasteiger partial charge in [0, 0.05) is 18.6 Å². The van der Waals surface area contributed by atoms with Crippen LogP contribution in [0.4, 0.5) is 0 Å². The standard InChI is InChI=1S/C12H24O2.2C3H4O2/c1-2-3-4-5-6-7-8-9-10-11-12(13)14;2*1-2-3(4)5/h2-11H2,1H3,(H,13,14);2*2H,1H2,(H,4,5). The zero-order valence-electron chi connectivity index (χ0n) is 14.7. The average Bonchev–Trinajstić information content (AvgIpc) is 2.54. The van der Waals surface area contributed by atoms with Crippen LogP contribution in [0.15, 0.2) is 25.3 Å². The third-order valence-electron chi connectivity index (χ3n) is 2.84. The molecule has 0 spiro atoms. The number of carboxylic acid groups (broad SMARTS) is 3. The maximum Gasteiger partial charge on any atom is 0.327 e. The molecule has 140 valence electrons. The minimum atomic E-state index is -0.981. The first-order valence-electron chi connectivity index (χ1n) is 8.24. The molecule has 3 N–H and O–H groups in total. The molecule has 0 aromatic heterocycles. The Morgan fingerprint density at radius 1 is 0.708 bits per heavy atom. The van der Waals surface area contributed by atoms with E-state index in [9.17, 15) is 14.4 Å². The van der Waals surface area contributed by atoms with Crippen LogP contribution in [0, 0.1) is 0 Å². The van der Waals surface area contributed by atoms with E-state index in [4.69, 9.17) is 15.3 Å². The molecule has 6 heteroatoms. The highest BCUT2D eigenvalue weighted by Gasteiger charge is 1.96. The fourth-order valence-electron chi connectivity index (χ4n) is 1.59. The molecular formula is C18H32O6. The van der Waals surface area contributed by atoms with Crippen molar-refractivity contribution in [2.45, 2.75) is 71.1 Å². The monoisotopic (exact) mass is 344 g/mol. The summed E-state index contributed by atoms with van der Waals surface area (Å²) in [6, 6.07) is 0. The summed E-state index contributed by atoms with van der Waals surface area (Å²) in [6.45, 7) is 8.15. The molecule has 0 heterocycles. The molecule has 0 atom stereocenters. The Labute approximate surface area is 144 Å². The van der Waals surface area contributed by atoms with Crippen LogP contribution in [0.2, 0.25) is 0 Å². The van der Waals surface area contributed by atoms with Gasteiger partial charge in [-0.25, -0.2) is 9.59 Å². The van der Waals surface area contributed by atoms with Crippen molar-refractivity contribution in [3.63, 3.8) is 0 Å². The molecule has 0 fully saturated rings. The molecule has 0 saturated heterocycles. The minimum Gasteiger partial charge on any atom is -0.481 e. The molecular weight excluding hydrogens is 312 g/mol. The van der Waals surface area contributed by atoms with Crippen molar-refractivity contribution in [2.75, 3.05) is 0 Å².